The average Bonchev–Trinajstić information content (AvgIpc) is 2.70. The molecule has 1 aromatic carbocycles. The molecule has 2 N–H and O–H groups in total. The van der Waals surface area contributed by atoms with Crippen LogP contribution in [-0.4, -0.2) is 17.4 Å². The molecule has 2 heterocycles. The van der Waals surface area contributed by atoms with Gasteiger partial charge in [-0.2, -0.15) is 0 Å². The smallest absolute Gasteiger partial charge is 0.176 e. The van der Waals surface area contributed by atoms with E-state index in [1.807, 2.05) is 24.3 Å². The maximum Gasteiger partial charge on any atom is 0.176 e. The fourth-order valence-corrected chi connectivity index (χ4v) is 2.14. The summed E-state index contributed by atoms with van der Waals surface area (Å²) < 4.78 is 0. The second-order valence-corrected chi connectivity index (χ2v) is 4.66. The summed E-state index contributed by atoms with van der Waals surface area (Å²) in [6.45, 7) is 0. The summed E-state index contributed by atoms with van der Waals surface area (Å²) in [7, 11) is 0. The number of hydrogen-bond donors (Lipinski definition) is 1. The average molecular weight is 259 g/mol. The Hall–Kier alpha value is -1.94. The Morgan fingerprint density at radius 2 is 2.17 bits per heavy atom. The minimum absolute atomic E-state index is 0.626. The lowest BCUT2D eigenvalue weighted by atomic mass is 10.1. The normalized spacial score (nSPS) is 17.6. The summed E-state index contributed by atoms with van der Waals surface area (Å²) in [4.78, 5) is 13.0. The van der Waals surface area contributed by atoms with Crippen LogP contribution in [0.5, 0.6) is 0 Å². The molecule has 3 rings (SSSR count). The summed E-state index contributed by atoms with van der Waals surface area (Å²) in [6.07, 6.45) is 2.92. The third kappa shape index (κ3) is 2.19. The topological polar surface area (TPSA) is 63.1 Å². The molecule has 2 aliphatic rings. The van der Waals surface area contributed by atoms with Crippen molar-refractivity contribution in [3.63, 3.8) is 0 Å². The minimum Gasteiger partial charge on any atom is -0.400 e. The Morgan fingerprint density at radius 3 is 3.00 bits per heavy atom. The van der Waals surface area contributed by atoms with Gasteiger partial charge in [0.05, 0.1) is 5.71 Å². The molecule has 1 aromatic rings. The van der Waals surface area contributed by atoms with Gasteiger partial charge in [-0.05, 0) is 17.7 Å². The number of nitrogens with two attached hydrogens (primary N) is 1. The first-order valence-electron chi connectivity index (χ1n) is 5.63. The van der Waals surface area contributed by atoms with Crippen molar-refractivity contribution in [1.82, 2.24) is 0 Å². The van der Waals surface area contributed by atoms with Gasteiger partial charge in [-0.15, -0.1) is 0 Å². The molecular formula is C13H11ClN4. The van der Waals surface area contributed by atoms with Gasteiger partial charge < -0.3 is 5.73 Å². The van der Waals surface area contributed by atoms with E-state index in [0.717, 1.165) is 27.8 Å². The number of hydrogen-bond acceptors (Lipinski definition) is 4. The molecule has 0 amide bonds. The summed E-state index contributed by atoms with van der Waals surface area (Å²) >= 11 is 5.95. The van der Waals surface area contributed by atoms with Crippen molar-refractivity contribution in [1.29, 1.82) is 0 Å². The van der Waals surface area contributed by atoms with E-state index in [9.17, 15) is 0 Å². The van der Waals surface area contributed by atoms with Crippen LogP contribution in [0.2, 0.25) is 5.02 Å². The van der Waals surface area contributed by atoms with E-state index in [0.29, 0.717) is 18.7 Å². The first-order chi connectivity index (χ1) is 8.70. The lowest BCUT2D eigenvalue weighted by molar-refractivity contribution is 1.17. The highest BCUT2D eigenvalue weighted by atomic mass is 35.5. The number of rotatable bonds is 2. The maximum absolute atomic E-state index is 5.95. The molecule has 0 spiro atoms. The molecule has 18 heavy (non-hydrogen) atoms. The van der Waals surface area contributed by atoms with Gasteiger partial charge in [0.1, 0.15) is 5.84 Å². The molecule has 4 nitrogen and oxygen atoms in total. The van der Waals surface area contributed by atoms with Crippen LogP contribution in [0.1, 0.15) is 12.0 Å². The number of allylic oxidation sites excluding steroid dienone is 1. The predicted molar refractivity (Wildman–Crippen MR) is 74.3 cm³/mol. The van der Waals surface area contributed by atoms with Crippen molar-refractivity contribution in [3.8, 4) is 0 Å². The van der Waals surface area contributed by atoms with Crippen molar-refractivity contribution >= 4 is 29.0 Å². The second kappa shape index (κ2) is 4.38. The molecule has 0 aromatic heterocycles. The Morgan fingerprint density at radius 1 is 1.28 bits per heavy atom. The molecule has 0 saturated heterocycles. The van der Waals surface area contributed by atoms with E-state index >= 15 is 0 Å². The van der Waals surface area contributed by atoms with E-state index in [2.05, 4.69) is 15.0 Å². The van der Waals surface area contributed by atoms with Gasteiger partial charge in [0.2, 0.25) is 0 Å². The molecule has 0 fully saturated rings. The number of nitrogens with zero attached hydrogens (tertiary/aromatic N) is 3. The van der Waals surface area contributed by atoms with Crippen molar-refractivity contribution in [2.24, 2.45) is 20.7 Å². The van der Waals surface area contributed by atoms with E-state index in [-0.39, 0.29) is 0 Å². The summed E-state index contributed by atoms with van der Waals surface area (Å²) in [6, 6.07) is 7.69. The standard InChI is InChI=1S/C13H11ClN4/c14-9-3-1-2-8(4-9)5-12-17-11-6-10(15)7-16-13(11)18-12/h1-4,7H,5-6,15H2. The minimum atomic E-state index is 0.626. The van der Waals surface area contributed by atoms with E-state index in [1.165, 1.54) is 0 Å². The summed E-state index contributed by atoms with van der Waals surface area (Å²) in [5.41, 5.74) is 8.37. The third-order valence-electron chi connectivity index (χ3n) is 2.73. The highest BCUT2D eigenvalue weighted by Gasteiger charge is 2.20. The van der Waals surface area contributed by atoms with Gasteiger partial charge in [-0.3, -0.25) is 0 Å². The summed E-state index contributed by atoms with van der Waals surface area (Å²) in [5, 5.41) is 0.722. The van der Waals surface area contributed by atoms with Gasteiger partial charge in [0.15, 0.2) is 5.84 Å². The molecule has 0 saturated carbocycles. The Balaban J connectivity index is 1.81. The van der Waals surface area contributed by atoms with Crippen LogP contribution in [0.15, 0.2) is 51.1 Å². The largest absolute Gasteiger partial charge is 0.400 e. The number of halogens is 1. The molecule has 90 valence electrons. The van der Waals surface area contributed by atoms with Crippen LogP contribution in [0.4, 0.5) is 0 Å². The van der Waals surface area contributed by atoms with Gasteiger partial charge >= 0.3 is 0 Å². The first-order valence-corrected chi connectivity index (χ1v) is 6.01. The number of aliphatic imine (C=N–C) groups is 3. The Kier molecular flexibility index (Phi) is 2.72. The SMILES string of the molecule is NC1=CN=C2N=C(Cc3cccc(Cl)c3)N=C2C1. The number of fused-ring (bicyclic) bond motifs is 1. The monoisotopic (exact) mass is 258 g/mol. The highest BCUT2D eigenvalue weighted by molar-refractivity contribution is 6.48. The fraction of sp³-hybridized carbons (Fsp3) is 0.154. The van der Waals surface area contributed by atoms with Crippen molar-refractivity contribution in [2.45, 2.75) is 12.8 Å². The Bertz CT molecular complexity index is 626. The Labute approximate surface area is 110 Å². The van der Waals surface area contributed by atoms with Crippen LogP contribution in [0, 0.1) is 0 Å². The molecule has 2 aliphatic heterocycles. The van der Waals surface area contributed by atoms with Crippen molar-refractivity contribution in [3.05, 3.63) is 46.7 Å². The van der Waals surface area contributed by atoms with Crippen molar-refractivity contribution in [2.75, 3.05) is 0 Å². The lowest BCUT2D eigenvalue weighted by Gasteiger charge is -2.04. The van der Waals surface area contributed by atoms with Crippen molar-refractivity contribution < 1.29 is 0 Å². The zero-order chi connectivity index (χ0) is 12.5. The zero-order valence-corrected chi connectivity index (χ0v) is 10.4. The van der Waals surface area contributed by atoms with Gasteiger partial charge in [-0.25, -0.2) is 15.0 Å². The van der Waals surface area contributed by atoms with Crippen LogP contribution >= 0.6 is 11.6 Å². The molecule has 0 aliphatic carbocycles. The van der Waals surface area contributed by atoms with Gasteiger partial charge in [0.25, 0.3) is 0 Å². The molecule has 0 unspecified atom stereocenters. The third-order valence-corrected chi connectivity index (χ3v) is 2.97. The number of benzene rings is 1. The molecule has 0 bridgehead atoms. The molecule has 0 radical (unpaired) electrons. The molecule has 0 atom stereocenters. The second-order valence-electron chi connectivity index (χ2n) is 4.23. The van der Waals surface area contributed by atoms with Crippen LogP contribution < -0.4 is 5.73 Å². The zero-order valence-electron chi connectivity index (χ0n) is 9.60. The highest BCUT2D eigenvalue weighted by Crippen LogP contribution is 2.16. The molecular weight excluding hydrogens is 248 g/mol. The van der Waals surface area contributed by atoms with Crippen LogP contribution in [0.25, 0.3) is 0 Å². The summed E-state index contributed by atoms with van der Waals surface area (Å²) in [5.74, 6) is 1.44. The van der Waals surface area contributed by atoms with E-state index < -0.39 is 0 Å². The molecule has 5 heteroatoms. The number of amidine groups is 2. The van der Waals surface area contributed by atoms with Gasteiger partial charge in [0, 0.05) is 29.8 Å². The van der Waals surface area contributed by atoms with E-state index in [4.69, 9.17) is 17.3 Å². The maximum atomic E-state index is 5.95. The predicted octanol–water partition coefficient (Wildman–Crippen LogP) is 2.34. The van der Waals surface area contributed by atoms with E-state index in [1.54, 1.807) is 6.20 Å². The van der Waals surface area contributed by atoms with Crippen LogP contribution in [0.3, 0.4) is 0 Å². The fourth-order valence-electron chi connectivity index (χ4n) is 1.93. The first kappa shape index (κ1) is 11.2. The quantitative estimate of drug-likeness (QED) is 0.869. The van der Waals surface area contributed by atoms with Gasteiger partial charge in [-0.1, -0.05) is 23.7 Å². The lowest BCUT2D eigenvalue weighted by Crippen LogP contribution is -2.16. The van der Waals surface area contributed by atoms with Crippen LogP contribution in [-0.2, 0) is 6.42 Å².